The van der Waals surface area contributed by atoms with E-state index in [1.165, 1.54) is 0 Å². The average molecular weight is 281 g/mol. The van der Waals surface area contributed by atoms with Crippen LogP contribution in [0.25, 0.3) is 0 Å². The number of benzene rings is 1. The first-order chi connectivity index (χ1) is 7.66. The fourth-order valence-corrected chi connectivity index (χ4v) is 2.63. The number of hydrogen-bond donors (Lipinski definition) is 1. The van der Waals surface area contributed by atoms with Crippen molar-refractivity contribution in [3.8, 4) is 0 Å². The molecular weight excluding hydrogens is 272 g/mol. The quantitative estimate of drug-likeness (QED) is 0.789. The largest absolute Gasteiger partial charge is 0.322 e. The molecule has 4 nitrogen and oxygen atoms in total. The summed E-state index contributed by atoms with van der Waals surface area (Å²) in [7, 11) is 0. The van der Waals surface area contributed by atoms with Crippen LogP contribution < -0.4 is 10.2 Å². The second-order valence-electron chi connectivity index (χ2n) is 3.97. The van der Waals surface area contributed by atoms with Gasteiger partial charge in [0.15, 0.2) is 0 Å². The van der Waals surface area contributed by atoms with E-state index in [2.05, 4.69) is 21.2 Å². The Kier molecular flexibility index (Phi) is 2.04. The number of rotatable bonds is 0. The summed E-state index contributed by atoms with van der Waals surface area (Å²) in [6.45, 7) is 0. The van der Waals surface area contributed by atoms with E-state index in [0.29, 0.717) is 18.5 Å². The minimum absolute atomic E-state index is 0.0309. The van der Waals surface area contributed by atoms with Crippen molar-refractivity contribution in [1.29, 1.82) is 0 Å². The lowest BCUT2D eigenvalue weighted by atomic mass is 10.1. The first kappa shape index (κ1) is 9.84. The minimum atomic E-state index is -0.318. The van der Waals surface area contributed by atoms with Crippen molar-refractivity contribution in [2.24, 2.45) is 0 Å². The van der Waals surface area contributed by atoms with E-state index >= 15 is 0 Å². The molecule has 1 saturated heterocycles. The predicted molar refractivity (Wildman–Crippen MR) is 63.3 cm³/mol. The molecule has 0 saturated carbocycles. The SMILES string of the molecule is O=C1Nc2cc(Br)ccc2N2C(=O)CC[C@@H]12. The Labute approximate surface area is 101 Å². The lowest BCUT2D eigenvalue weighted by Gasteiger charge is -2.31. The van der Waals surface area contributed by atoms with Crippen molar-refractivity contribution in [1.82, 2.24) is 0 Å². The summed E-state index contributed by atoms with van der Waals surface area (Å²) in [4.78, 5) is 25.1. The number of nitrogens with zero attached hydrogens (tertiary/aromatic N) is 1. The summed E-state index contributed by atoms with van der Waals surface area (Å²) in [5.41, 5.74) is 1.50. The standard InChI is InChI=1S/C11H9BrN2O2/c12-6-1-2-8-7(5-6)13-11(16)9-3-4-10(15)14(8)9/h1-2,5,9H,3-4H2,(H,13,16)/t9-/m0/s1. The molecule has 16 heavy (non-hydrogen) atoms. The van der Waals surface area contributed by atoms with E-state index in [9.17, 15) is 9.59 Å². The highest BCUT2D eigenvalue weighted by molar-refractivity contribution is 9.10. The van der Waals surface area contributed by atoms with Crippen LogP contribution in [0.1, 0.15) is 12.8 Å². The molecule has 0 bridgehead atoms. The van der Waals surface area contributed by atoms with Crippen LogP contribution in [0.3, 0.4) is 0 Å². The smallest absolute Gasteiger partial charge is 0.247 e. The number of anilines is 2. The van der Waals surface area contributed by atoms with Gasteiger partial charge in [-0.15, -0.1) is 0 Å². The van der Waals surface area contributed by atoms with Gasteiger partial charge in [0.1, 0.15) is 6.04 Å². The van der Waals surface area contributed by atoms with E-state index in [4.69, 9.17) is 0 Å². The zero-order chi connectivity index (χ0) is 11.3. The molecule has 82 valence electrons. The molecule has 1 fully saturated rings. The molecular formula is C11H9BrN2O2. The fourth-order valence-electron chi connectivity index (χ4n) is 2.27. The van der Waals surface area contributed by atoms with Crippen LogP contribution in [0.5, 0.6) is 0 Å². The van der Waals surface area contributed by atoms with E-state index in [1.807, 2.05) is 18.2 Å². The van der Waals surface area contributed by atoms with Gasteiger partial charge in [-0.1, -0.05) is 15.9 Å². The number of carbonyl (C=O) groups is 2. The monoisotopic (exact) mass is 280 g/mol. The third-order valence-electron chi connectivity index (χ3n) is 2.99. The summed E-state index contributed by atoms with van der Waals surface area (Å²) in [5, 5.41) is 2.83. The molecule has 0 unspecified atom stereocenters. The van der Waals surface area contributed by atoms with E-state index in [1.54, 1.807) is 4.90 Å². The normalized spacial score (nSPS) is 22.8. The molecule has 0 aromatic heterocycles. The Morgan fingerprint density at radius 2 is 2.19 bits per heavy atom. The van der Waals surface area contributed by atoms with E-state index in [-0.39, 0.29) is 17.9 Å². The van der Waals surface area contributed by atoms with Crippen LogP contribution in [-0.4, -0.2) is 17.9 Å². The van der Waals surface area contributed by atoms with Crippen molar-refractivity contribution >= 4 is 39.1 Å². The maximum Gasteiger partial charge on any atom is 0.247 e. The second kappa shape index (κ2) is 3.31. The van der Waals surface area contributed by atoms with Gasteiger partial charge in [-0.2, -0.15) is 0 Å². The van der Waals surface area contributed by atoms with Gasteiger partial charge >= 0.3 is 0 Å². The lowest BCUT2D eigenvalue weighted by Crippen LogP contribution is -2.45. The zero-order valence-electron chi connectivity index (χ0n) is 8.37. The molecule has 2 heterocycles. The van der Waals surface area contributed by atoms with Crippen molar-refractivity contribution in [3.63, 3.8) is 0 Å². The van der Waals surface area contributed by atoms with Gasteiger partial charge in [0.25, 0.3) is 0 Å². The Morgan fingerprint density at radius 1 is 1.38 bits per heavy atom. The third-order valence-corrected chi connectivity index (χ3v) is 3.48. The van der Waals surface area contributed by atoms with Gasteiger partial charge in [-0.25, -0.2) is 0 Å². The molecule has 1 aromatic rings. The van der Waals surface area contributed by atoms with Gasteiger partial charge in [0, 0.05) is 10.9 Å². The highest BCUT2D eigenvalue weighted by Gasteiger charge is 2.41. The maximum absolute atomic E-state index is 11.8. The number of fused-ring (bicyclic) bond motifs is 3. The maximum atomic E-state index is 11.8. The number of hydrogen-bond acceptors (Lipinski definition) is 2. The lowest BCUT2D eigenvalue weighted by molar-refractivity contribution is -0.120. The molecule has 1 atom stereocenters. The van der Waals surface area contributed by atoms with Gasteiger partial charge in [0.2, 0.25) is 11.8 Å². The Hall–Kier alpha value is -1.36. The molecule has 2 amide bonds. The molecule has 1 aromatic carbocycles. The topological polar surface area (TPSA) is 49.4 Å². The molecule has 2 aliphatic rings. The fraction of sp³-hybridized carbons (Fsp3) is 0.273. The van der Waals surface area contributed by atoms with Crippen LogP contribution in [0.4, 0.5) is 11.4 Å². The average Bonchev–Trinajstić information content (AvgIpc) is 2.61. The first-order valence-electron chi connectivity index (χ1n) is 5.09. The third kappa shape index (κ3) is 1.28. The van der Waals surface area contributed by atoms with Crippen LogP contribution in [-0.2, 0) is 9.59 Å². The molecule has 0 spiro atoms. The van der Waals surface area contributed by atoms with Crippen LogP contribution in [0.15, 0.2) is 22.7 Å². The highest BCUT2D eigenvalue weighted by Crippen LogP contribution is 2.38. The summed E-state index contributed by atoms with van der Waals surface area (Å²) in [6, 6.07) is 5.23. The molecule has 2 aliphatic heterocycles. The molecule has 1 N–H and O–H groups in total. The molecule has 3 rings (SSSR count). The first-order valence-corrected chi connectivity index (χ1v) is 5.88. The summed E-state index contributed by atoms with van der Waals surface area (Å²) in [6.07, 6.45) is 1.06. The molecule has 5 heteroatoms. The molecule has 0 aliphatic carbocycles. The number of nitrogens with one attached hydrogen (secondary N) is 1. The Morgan fingerprint density at radius 3 is 3.00 bits per heavy atom. The number of carbonyl (C=O) groups excluding carboxylic acids is 2. The van der Waals surface area contributed by atoms with Gasteiger partial charge in [-0.05, 0) is 24.6 Å². The van der Waals surface area contributed by atoms with Crippen molar-refractivity contribution in [2.45, 2.75) is 18.9 Å². The van der Waals surface area contributed by atoms with Crippen molar-refractivity contribution in [2.75, 3.05) is 10.2 Å². The predicted octanol–water partition coefficient (Wildman–Crippen LogP) is 1.90. The van der Waals surface area contributed by atoms with Crippen LogP contribution in [0, 0.1) is 0 Å². The van der Waals surface area contributed by atoms with Crippen molar-refractivity contribution in [3.05, 3.63) is 22.7 Å². The Balaban J connectivity index is 2.16. The van der Waals surface area contributed by atoms with Crippen molar-refractivity contribution < 1.29 is 9.59 Å². The number of amides is 2. The van der Waals surface area contributed by atoms with Crippen LogP contribution >= 0.6 is 15.9 Å². The second-order valence-corrected chi connectivity index (χ2v) is 4.88. The molecule has 0 radical (unpaired) electrons. The van der Waals surface area contributed by atoms with Gasteiger partial charge in [0.05, 0.1) is 11.4 Å². The van der Waals surface area contributed by atoms with E-state index < -0.39 is 0 Å². The van der Waals surface area contributed by atoms with E-state index in [0.717, 1.165) is 10.2 Å². The number of halogens is 1. The van der Waals surface area contributed by atoms with Gasteiger partial charge < -0.3 is 5.32 Å². The van der Waals surface area contributed by atoms with Crippen LogP contribution in [0.2, 0.25) is 0 Å². The Bertz CT molecular complexity index is 501. The summed E-state index contributed by atoms with van der Waals surface area (Å²) in [5.74, 6) is -0.0557. The summed E-state index contributed by atoms with van der Waals surface area (Å²) >= 11 is 3.34. The highest BCUT2D eigenvalue weighted by atomic mass is 79.9. The summed E-state index contributed by atoms with van der Waals surface area (Å²) < 4.78 is 0.886. The minimum Gasteiger partial charge on any atom is -0.322 e. The zero-order valence-corrected chi connectivity index (χ0v) is 9.95. The van der Waals surface area contributed by atoms with Gasteiger partial charge in [-0.3, -0.25) is 14.5 Å².